The fraction of sp³-hybridized carbons (Fsp3) is 0.250. The maximum atomic E-state index is 12.0. The first kappa shape index (κ1) is 14.9. The zero-order valence-electron chi connectivity index (χ0n) is 10.0. The third kappa shape index (κ3) is 4.53. The number of anilines is 1. The molecular weight excluding hydrogens is 263 g/mol. The lowest BCUT2D eigenvalue weighted by Gasteiger charge is -2.16. The number of nitrogen functional groups attached to an aromatic ring is 1. The highest BCUT2D eigenvalue weighted by atomic mass is 19.4. The summed E-state index contributed by atoms with van der Waals surface area (Å²) < 4.78 is 44.6. The van der Waals surface area contributed by atoms with Gasteiger partial charge in [0.2, 0.25) is 0 Å². The Labute approximate surface area is 107 Å². The molecule has 0 saturated carbocycles. The van der Waals surface area contributed by atoms with E-state index in [-0.39, 0.29) is 5.69 Å². The molecule has 19 heavy (non-hydrogen) atoms. The molecule has 0 aliphatic rings. The van der Waals surface area contributed by atoms with Crippen LogP contribution in [0.2, 0.25) is 0 Å². The van der Waals surface area contributed by atoms with E-state index in [4.69, 9.17) is 10.5 Å². The van der Waals surface area contributed by atoms with Crippen LogP contribution in [0, 0.1) is 0 Å². The van der Waals surface area contributed by atoms with Crippen LogP contribution in [0.1, 0.15) is 18.6 Å². The highest BCUT2D eigenvalue weighted by molar-refractivity contribution is 5.81. The fourth-order valence-electron chi connectivity index (χ4n) is 1.41. The second kappa shape index (κ2) is 5.64. The second-order valence-corrected chi connectivity index (χ2v) is 3.62. The van der Waals surface area contributed by atoms with Crippen LogP contribution in [0.15, 0.2) is 30.9 Å². The van der Waals surface area contributed by atoms with Crippen molar-refractivity contribution in [2.75, 3.05) is 5.73 Å². The van der Waals surface area contributed by atoms with Gasteiger partial charge in [0.1, 0.15) is 11.9 Å². The van der Waals surface area contributed by atoms with Crippen LogP contribution in [0.25, 0.3) is 0 Å². The van der Waals surface area contributed by atoms with E-state index in [2.05, 4.69) is 11.3 Å². The van der Waals surface area contributed by atoms with Gasteiger partial charge in [-0.1, -0.05) is 6.58 Å². The van der Waals surface area contributed by atoms with Crippen LogP contribution in [-0.2, 0) is 9.53 Å². The summed E-state index contributed by atoms with van der Waals surface area (Å²) in [6, 6.07) is 3.41. The van der Waals surface area contributed by atoms with E-state index in [1.807, 2.05) is 0 Å². The smallest absolute Gasteiger partial charge is 0.455 e. The molecule has 0 aliphatic carbocycles. The lowest BCUT2D eigenvalue weighted by molar-refractivity contribution is -0.274. The largest absolute Gasteiger partial charge is 0.573 e. The molecule has 1 rings (SSSR count). The fourth-order valence-corrected chi connectivity index (χ4v) is 1.41. The first-order chi connectivity index (χ1) is 8.73. The summed E-state index contributed by atoms with van der Waals surface area (Å²) in [5.41, 5.74) is 6.01. The molecule has 0 radical (unpaired) electrons. The van der Waals surface area contributed by atoms with E-state index in [9.17, 15) is 18.0 Å². The van der Waals surface area contributed by atoms with Gasteiger partial charge in [-0.3, -0.25) is 0 Å². The number of hydrogen-bond donors (Lipinski definition) is 1. The summed E-state index contributed by atoms with van der Waals surface area (Å²) in [6.45, 7) is 4.77. The van der Waals surface area contributed by atoms with Crippen molar-refractivity contribution in [3.63, 3.8) is 0 Å². The quantitative estimate of drug-likeness (QED) is 0.521. The zero-order valence-corrected chi connectivity index (χ0v) is 10.0. The van der Waals surface area contributed by atoms with E-state index < -0.39 is 24.2 Å². The third-order valence-electron chi connectivity index (χ3n) is 2.19. The minimum absolute atomic E-state index is 0.0334. The number of hydrogen-bond acceptors (Lipinski definition) is 4. The Balaban J connectivity index is 2.88. The van der Waals surface area contributed by atoms with Crippen LogP contribution in [0.3, 0.4) is 0 Å². The minimum Gasteiger partial charge on any atom is -0.455 e. The molecule has 1 atom stereocenters. The molecule has 1 aromatic rings. The van der Waals surface area contributed by atoms with Gasteiger partial charge in [0.05, 0.1) is 0 Å². The summed E-state index contributed by atoms with van der Waals surface area (Å²) in [4.78, 5) is 11.0. The van der Waals surface area contributed by atoms with Gasteiger partial charge in [-0.05, 0) is 19.1 Å². The Morgan fingerprint density at radius 1 is 1.47 bits per heavy atom. The van der Waals surface area contributed by atoms with Crippen LogP contribution >= 0.6 is 0 Å². The van der Waals surface area contributed by atoms with Gasteiger partial charge >= 0.3 is 12.3 Å². The monoisotopic (exact) mass is 275 g/mol. The van der Waals surface area contributed by atoms with Crippen molar-refractivity contribution in [3.8, 4) is 5.75 Å². The lowest BCUT2D eigenvalue weighted by atomic mass is 10.1. The Morgan fingerprint density at radius 3 is 2.58 bits per heavy atom. The highest BCUT2D eigenvalue weighted by Gasteiger charge is 2.31. The summed E-state index contributed by atoms with van der Waals surface area (Å²) in [6.07, 6.45) is -4.51. The van der Waals surface area contributed by atoms with Gasteiger partial charge in [-0.2, -0.15) is 0 Å². The normalized spacial score (nSPS) is 12.6. The third-order valence-corrected chi connectivity index (χ3v) is 2.19. The van der Waals surface area contributed by atoms with Crippen molar-refractivity contribution < 1.29 is 27.4 Å². The molecule has 0 aliphatic heterocycles. The molecule has 4 nitrogen and oxygen atoms in total. The second-order valence-electron chi connectivity index (χ2n) is 3.62. The van der Waals surface area contributed by atoms with Crippen LogP contribution in [-0.4, -0.2) is 12.3 Å². The van der Waals surface area contributed by atoms with Gasteiger partial charge in [-0.15, -0.1) is 13.2 Å². The molecule has 1 unspecified atom stereocenters. The van der Waals surface area contributed by atoms with E-state index in [0.717, 1.165) is 18.2 Å². The van der Waals surface area contributed by atoms with Crippen LogP contribution in [0.4, 0.5) is 18.9 Å². The average Bonchev–Trinajstić information content (AvgIpc) is 2.26. The Kier molecular flexibility index (Phi) is 4.42. The molecule has 0 aromatic heterocycles. The Hall–Kier alpha value is -2.18. The molecule has 2 N–H and O–H groups in total. The molecule has 0 spiro atoms. The van der Waals surface area contributed by atoms with Gasteiger partial charge in [0, 0.05) is 23.4 Å². The van der Waals surface area contributed by atoms with Gasteiger partial charge in [0.25, 0.3) is 0 Å². The van der Waals surface area contributed by atoms with Crippen LogP contribution < -0.4 is 10.5 Å². The molecule has 7 heteroatoms. The standard InChI is InChI=1S/C12H12F3NO3/c1-3-11(17)18-7(2)9-5-4-8(6-10(9)16)19-12(13,14)15/h3-7H,1,16H2,2H3. The maximum Gasteiger partial charge on any atom is 0.573 e. The summed E-state index contributed by atoms with van der Waals surface area (Å²) in [5.74, 6) is -1.08. The minimum atomic E-state index is -4.78. The number of carbonyl (C=O) groups is 1. The highest BCUT2D eigenvalue weighted by Crippen LogP contribution is 2.30. The number of esters is 1. The van der Waals surface area contributed by atoms with Gasteiger partial charge in [0.15, 0.2) is 0 Å². The SMILES string of the molecule is C=CC(=O)OC(C)c1ccc(OC(F)(F)F)cc1N. The summed E-state index contributed by atoms with van der Waals surface area (Å²) in [5, 5.41) is 0. The number of nitrogens with two attached hydrogens (primary N) is 1. The van der Waals surface area contributed by atoms with Crippen molar-refractivity contribution in [2.24, 2.45) is 0 Å². The molecule has 0 heterocycles. The van der Waals surface area contributed by atoms with E-state index in [1.165, 1.54) is 13.0 Å². The van der Waals surface area contributed by atoms with Crippen molar-refractivity contribution in [3.05, 3.63) is 36.4 Å². The number of benzene rings is 1. The lowest BCUT2D eigenvalue weighted by Crippen LogP contribution is -2.17. The summed E-state index contributed by atoms with van der Waals surface area (Å²) in [7, 11) is 0. The first-order valence-electron chi connectivity index (χ1n) is 5.21. The topological polar surface area (TPSA) is 61.5 Å². The van der Waals surface area contributed by atoms with Crippen molar-refractivity contribution in [2.45, 2.75) is 19.4 Å². The van der Waals surface area contributed by atoms with Crippen molar-refractivity contribution in [1.82, 2.24) is 0 Å². The van der Waals surface area contributed by atoms with Crippen LogP contribution in [0.5, 0.6) is 5.75 Å². The maximum absolute atomic E-state index is 12.0. The molecular formula is C12H12F3NO3. The summed E-state index contributed by atoms with van der Waals surface area (Å²) >= 11 is 0. The van der Waals surface area contributed by atoms with Crippen molar-refractivity contribution >= 4 is 11.7 Å². The van der Waals surface area contributed by atoms with E-state index >= 15 is 0 Å². The molecule has 0 amide bonds. The average molecular weight is 275 g/mol. The van der Waals surface area contributed by atoms with E-state index in [1.54, 1.807) is 0 Å². The predicted molar refractivity (Wildman–Crippen MR) is 62.2 cm³/mol. The van der Waals surface area contributed by atoms with Gasteiger partial charge in [-0.25, -0.2) is 4.79 Å². The number of halogens is 3. The molecule has 0 saturated heterocycles. The van der Waals surface area contributed by atoms with E-state index in [0.29, 0.717) is 5.56 Å². The number of rotatable bonds is 4. The van der Waals surface area contributed by atoms with Gasteiger partial charge < -0.3 is 15.2 Å². The molecule has 104 valence electrons. The molecule has 1 aromatic carbocycles. The molecule has 0 bridgehead atoms. The number of alkyl halides is 3. The number of carbonyl (C=O) groups excluding carboxylic acids is 1. The molecule has 0 fully saturated rings. The zero-order chi connectivity index (χ0) is 14.6. The predicted octanol–water partition coefficient (Wildman–Crippen LogP) is 2.96. The first-order valence-corrected chi connectivity index (χ1v) is 5.21. The number of ether oxygens (including phenoxy) is 2. The Bertz CT molecular complexity index is 486. The Morgan fingerprint density at radius 2 is 2.11 bits per heavy atom. The van der Waals surface area contributed by atoms with Crippen molar-refractivity contribution in [1.29, 1.82) is 0 Å².